The molecule has 0 unspecified atom stereocenters. The van der Waals surface area contributed by atoms with Crippen LogP contribution < -0.4 is 15.2 Å². The normalized spacial score (nSPS) is 14.1. The van der Waals surface area contributed by atoms with Gasteiger partial charge in [0.25, 0.3) is 6.01 Å². The van der Waals surface area contributed by atoms with Gasteiger partial charge in [-0.1, -0.05) is 31.5 Å². The molecule has 0 spiro atoms. The van der Waals surface area contributed by atoms with Crippen molar-refractivity contribution in [3.8, 4) is 22.6 Å². The van der Waals surface area contributed by atoms with E-state index < -0.39 is 0 Å². The van der Waals surface area contributed by atoms with Gasteiger partial charge in [0.2, 0.25) is 0 Å². The first kappa shape index (κ1) is 23.5. The number of hydrogen-bond acceptors (Lipinski definition) is 9. The van der Waals surface area contributed by atoms with E-state index in [-0.39, 0.29) is 11.8 Å². The molecule has 4 heterocycles. The number of unbranched alkanes of at least 4 members (excludes halogenated alkanes) is 1. The van der Waals surface area contributed by atoms with E-state index in [1.165, 1.54) is 31.5 Å². The fourth-order valence-electron chi connectivity index (χ4n) is 4.32. The zero-order valence-electron chi connectivity index (χ0n) is 20.2. The number of fused-ring (bicyclic) bond motifs is 1. The van der Waals surface area contributed by atoms with E-state index in [0.29, 0.717) is 30.3 Å². The molecule has 184 valence electrons. The average molecular weight is 494 g/mol. The summed E-state index contributed by atoms with van der Waals surface area (Å²) < 4.78 is 13.1. The maximum absolute atomic E-state index is 6.17. The number of nitrogens with two attached hydrogens (primary N) is 1. The van der Waals surface area contributed by atoms with Gasteiger partial charge in [0, 0.05) is 23.2 Å². The molecule has 0 atom stereocenters. The van der Waals surface area contributed by atoms with Crippen LogP contribution >= 0.6 is 11.3 Å². The van der Waals surface area contributed by atoms with Crippen molar-refractivity contribution in [1.82, 2.24) is 29.4 Å². The molecule has 1 aliphatic heterocycles. The van der Waals surface area contributed by atoms with Crippen LogP contribution in [0.4, 0.5) is 5.82 Å². The highest BCUT2D eigenvalue weighted by Gasteiger charge is 2.19. The lowest BCUT2D eigenvalue weighted by Gasteiger charge is -2.14. The quantitative estimate of drug-likeness (QED) is 0.325. The number of benzene rings is 1. The Hall–Kier alpha value is -3.24. The van der Waals surface area contributed by atoms with Gasteiger partial charge in [0.1, 0.15) is 5.01 Å². The predicted octanol–water partition coefficient (Wildman–Crippen LogP) is 4.36. The molecule has 4 aromatic rings. The van der Waals surface area contributed by atoms with Crippen molar-refractivity contribution < 1.29 is 9.47 Å². The Labute approximate surface area is 209 Å². The number of nitrogen functional groups attached to an aromatic ring is 1. The number of hydrogen-bond donors (Lipinski definition) is 1. The largest absolute Gasteiger partial charge is 0.468 e. The van der Waals surface area contributed by atoms with Crippen LogP contribution in [0.15, 0.2) is 30.5 Å². The van der Waals surface area contributed by atoms with Crippen LogP contribution in [-0.2, 0) is 13.1 Å². The number of thiazole rings is 1. The highest BCUT2D eigenvalue weighted by molar-refractivity contribution is 7.15. The smallest absolute Gasteiger partial charge is 0.320 e. The van der Waals surface area contributed by atoms with Gasteiger partial charge >= 0.3 is 6.01 Å². The molecule has 0 aliphatic carbocycles. The molecule has 1 saturated heterocycles. The van der Waals surface area contributed by atoms with Crippen LogP contribution in [-0.4, -0.2) is 56.2 Å². The molecule has 9 nitrogen and oxygen atoms in total. The van der Waals surface area contributed by atoms with Crippen molar-refractivity contribution in [3.63, 3.8) is 0 Å². The van der Waals surface area contributed by atoms with Crippen molar-refractivity contribution in [1.29, 1.82) is 0 Å². The first-order valence-electron chi connectivity index (χ1n) is 12.1. The number of methoxy groups -OCH3 is 1. The van der Waals surface area contributed by atoms with E-state index in [4.69, 9.17) is 20.2 Å². The topological polar surface area (TPSA) is 104 Å². The summed E-state index contributed by atoms with van der Waals surface area (Å²) in [6.07, 6.45) is 6.45. The second kappa shape index (κ2) is 10.6. The Balaban J connectivity index is 1.39. The summed E-state index contributed by atoms with van der Waals surface area (Å²) in [5.41, 5.74) is 9.72. The van der Waals surface area contributed by atoms with Crippen molar-refractivity contribution in [2.45, 2.75) is 45.7 Å². The lowest BCUT2D eigenvalue weighted by Crippen LogP contribution is -2.18. The maximum Gasteiger partial charge on any atom is 0.320 e. The van der Waals surface area contributed by atoms with E-state index >= 15 is 0 Å². The molecule has 2 N–H and O–H groups in total. The third-order valence-corrected chi connectivity index (χ3v) is 7.16. The van der Waals surface area contributed by atoms with Gasteiger partial charge in [-0.25, -0.2) is 4.98 Å². The van der Waals surface area contributed by atoms with Gasteiger partial charge in [-0.15, -0.1) is 11.3 Å². The second-order valence-corrected chi connectivity index (χ2v) is 9.88. The predicted molar refractivity (Wildman–Crippen MR) is 138 cm³/mol. The van der Waals surface area contributed by atoms with Gasteiger partial charge in [-0.3, -0.25) is 9.47 Å². The first-order valence-corrected chi connectivity index (χ1v) is 12.9. The highest BCUT2D eigenvalue weighted by atomic mass is 32.1. The van der Waals surface area contributed by atoms with Gasteiger partial charge in [-0.05, 0) is 44.0 Å². The summed E-state index contributed by atoms with van der Waals surface area (Å²) in [6, 6.07) is 9.37. The Morgan fingerprint density at radius 2 is 1.97 bits per heavy atom. The number of nitrogens with zero attached hydrogens (tertiary/aromatic N) is 6. The number of anilines is 1. The monoisotopic (exact) mass is 493 g/mol. The zero-order chi connectivity index (χ0) is 24.2. The van der Waals surface area contributed by atoms with Gasteiger partial charge in [0.05, 0.1) is 20.3 Å². The number of aromatic nitrogens is 5. The molecule has 1 aliphatic rings. The summed E-state index contributed by atoms with van der Waals surface area (Å²) >= 11 is 1.65. The van der Waals surface area contributed by atoms with Crippen LogP contribution in [0.5, 0.6) is 12.0 Å². The van der Waals surface area contributed by atoms with Crippen molar-refractivity contribution in [2.75, 3.05) is 32.5 Å². The SMILES string of the molecule is CCCCOc1nc(N)c2nc(OC)n(Cc3cnc(-c4cccc(CN5CCCC5)c4)s3)c2n1. The van der Waals surface area contributed by atoms with Gasteiger partial charge in [-0.2, -0.15) is 15.0 Å². The maximum atomic E-state index is 6.17. The van der Waals surface area contributed by atoms with Gasteiger partial charge < -0.3 is 15.2 Å². The summed E-state index contributed by atoms with van der Waals surface area (Å²) in [5, 5.41) is 0.990. The molecular formula is C25H31N7O2S. The van der Waals surface area contributed by atoms with E-state index in [9.17, 15) is 0 Å². The molecule has 0 bridgehead atoms. The van der Waals surface area contributed by atoms with E-state index in [2.05, 4.69) is 51.0 Å². The molecule has 5 rings (SSSR count). The Bertz CT molecular complexity index is 1300. The molecule has 1 aromatic carbocycles. The summed E-state index contributed by atoms with van der Waals surface area (Å²) in [4.78, 5) is 21.6. The van der Waals surface area contributed by atoms with E-state index in [0.717, 1.165) is 34.8 Å². The minimum Gasteiger partial charge on any atom is -0.468 e. The number of ether oxygens (including phenoxy) is 2. The van der Waals surface area contributed by atoms with Crippen LogP contribution in [0, 0.1) is 0 Å². The average Bonchev–Trinajstić information content (AvgIpc) is 3.61. The Morgan fingerprint density at radius 1 is 1.11 bits per heavy atom. The fourth-order valence-corrected chi connectivity index (χ4v) is 5.22. The van der Waals surface area contributed by atoms with Crippen molar-refractivity contribution >= 4 is 28.3 Å². The van der Waals surface area contributed by atoms with Crippen LogP contribution in [0.3, 0.4) is 0 Å². The molecule has 0 saturated carbocycles. The second-order valence-electron chi connectivity index (χ2n) is 8.77. The van der Waals surface area contributed by atoms with Crippen LogP contribution in [0.2, 0.25) is 0 Å². The molecule has 10 heteroatoms. The lowest BCUT2D eigenvalue weighted by molar-refractivity contribution is 0.286. The van der Waals surface area contributed by atoms with Gasteiger partial charge in [0.15, 0.2) is 17.0 Å². The third-order valence-electron chi connectivity index (χ3n) is 6.12. The molecule has 3 aromatic heterocycles. The van der Waals surface area contributed by atoms with Crippen LogP contribution in [0.25, 0.3) is 21.7 Å². The number of likely N-dealkylation sites (tertiary alicyclic amines) is 1. The first-order chi connectivity index (χ1) is 17.1. The minimum absolute atomic E-state index is 0.257. The third kappa shape index (κ3) is 5.23. The fraction of sp³-hybridized carbons (Fsp3) is 0.440. The molecule has 1 fully saturated rings. The van der Waals surface area contributed by atoms with Crippen molar-refractivity contribution in [3.05, 3.63) is 40.9 Å². The lowest BCUT2D eigenvalue weighted by atomic mass is 10.1. The molecule has 0 radical (unpaired) electrons. The van der Waals surface area contributed by atoms with E-state index in [1.807, 2.05) is 10.8 Å². The molecular weight excluding hydrogens is 462 g/mol. The van der Waals surface area contributed by atoms with Crippen molar-refractivity contribution in [2.24, 2.45) is 0 Å². The molecule has 35 heavy (non-hydrogen) atoms. The van der Waals surface area contributed by atoms with Crippen LogP contribution in [0.1, 0.15) is 43.0 Å². The summed E-state index contributed by atoms with van der Waals surface area (Å²) in [7, 11) is 1.59. The Morgan fingerprint density at radius 3 is 2.77 bits per heavy atom. The zero-order valence-corrected chi connectivity index (χ0v) is 21.1. The highest BCUT2D eigenvalue weighted by Crippen LogP contribution is 2.30. The number of imidazole rings is 1. The number of rotatable bonds is 10. The van der Waals surface area contributed by atoms with E-state index in [1.54, 1.807) is 18.4 Å². The molecule has 0 amide bonds. The standard InChI is InChI=1S/C25H31N7O2S/c1-3-4-12-34-24-29-21(26)20-22(30-24)32(25(28-20)33-2)16-19-14-27-23(35-19)18-9-7-8-17(13-18)15-31-10-5-6-11-31/h7-9,13-14H,3-6,10-12,15-16H2,1-2H3,(H2,26,29,30). The summed E-state index contributed by atoms with van der Waals surface area (Å²) in [5.74, 6) is 0.276. The minimum atomic E-state index is 0.257. The summed E-state index contributed by atoms with van der Waals surface area (Å²) in [6.45, 7) is 6.53. The Kier molecular flexibility index (Phi) is 7.10.